The minimum Gasteiger partial charge on any atom is -0.316 e. The fourth-order valence-corrected chi connectivity index (χ4v) is 7.78. The van der Waals surface area contributed by atoms with Crippen molar-refractivity contribution in [1.82, 2.24) is 4.98 Å². The molecule has 0 radical (unpaired) electrons. The lowest BCUT2D eigenvalue weighted by Gasteiger charge is -2.18. The van der Waals surface area contributed by atoms with Crippen LogP contribution in [0.5, 0.6) is 0 Å². The van der Waals surface area contributed by atoms with Gasteiger partial charge in [0.25, 0.3) is 0 Å². The summed E-state index contributed by atoms with van der Waals surface area (Å²) in [5.74, 6) is -0.524. The van der Waals surface area contributed by atoms with Gasteiger partial charge in [0.1, 0.15) is 15.8 Å². The molecule has 5 rings (SSSR count). The molecule has 0 fully saturated rings. The Morgan fingerprint density at radius 1 is 1.09 bits per heavy atom. The van der Waals surface area contributed by atoms with Crippen LogP contribution < -0.4 is 5.32 Å². The second-order valence-electron chi connectivity index (χ2n) is 8.16. The van der Waals surface area contributed by atoms with E-state index in [9.17, 15) is 13.2 Å². The van der Waals surface area contributed by atoms with Crippen molar-refractivity contribution in [3.05, 3.63) is 65.0 Å². The molecule has 1 aliphatic rings. The normalized spacial score (nSPS) is 16.1. The molecule has 1 atom stereocenters. The van der Waals surface area contributed by atoms with Crippen molar-refractivity contribution < 1.29 is 13.2 Å². The Labute approximate surface area is 195 Å². The maximum absolute atomic E-state index is 12.8. The number of para-hydroxylation sites is 1. The van der Waals surface area contributed by atoms with Crippen molar-refractivity contribution in [2.75, 3.05) is 11.1 Å². The first-order valence-electron chi connectivity index (χ1n) is 10.5. The maximum Gasteiger partial charge on any atom is 0.240 e. The summed E-state index contributed by atoms with van der Waals surface area (Å²) in [6.07, 6.45) is 3.00. The van der Waals surface area contributed by atoms with Crippen LogP contribution >= 0.6 is 22.7 Å². The molecule has 5 nitrogen and oxygen atoms in total. The third kappa shape index (κ3) is 4.10. The molecule has 0 spiro atoms. The monoisotopic (exact) mass is 482 g/mol. The molecule has 0 saturated heterocycles. The van der Waals surface area contributed by atoms with E-state index in [1.165, 1.54) is 22.6 Å². The highest BCUT2D eigenvalue weighted by Crippen LogP contribution is 2.47. The van der Waals surface area contributed by atoms with Gasteiger partial charge in [0, 0.05) is 10.4 Å². The van der Waals surface area contributed by atoms with Gasteiger partial charge in [0.05, 0.1) is 15.1 Å². The minimum absolute atomic E-state index is 0.154. The zero-order valence-corrected chi connectivity index (χ0v) is 19.9. The molecule has 164 valence electrons. The number of carbonyl (C=O) groups excluding carboxylic acids is 1. The van der Waals surface area contributed by atoms with Crippen LogP contribution in [-0.2, 0) is 27.5 Å². The fraction of sp³-hybridized carbons (Fsp3) is 0.250. The van der Waals surface area contributed by atoms with Crippen LogP contribution in [0.4, 0.5) is 5.00 Å². The average Bonchev–Trinajstić information content (AvgIpc) is 3.33. The summed E-state index contributed by atoms with van der Waals surface area (Å²) in [5, 5.41) is 4.50. The van der Waals surface area contributed by atoms with Crippen LogP contribution in [0.1, 0.15) is 23.8 Å². The third-order valence-corrected chi connectivity index (χ3v) is 9.55. The largest absolute Gasteiger partial charge is 0.316 e. The number of hydrogen-bond donors (Lipinski definition) is 1. The number of fused-ring (bicyclic) bond motifs is 2. The number of thiazole rings is 1. The molecule has 2 aromatic heterocycles. The SMILES string of the molecule is CC1CCc2c(sc(NC(=O)CS(=O)(=O)c3ccccc3)c2-c2nc3ccccc3s2)C1. The lowest BCUT2D eigenvalue weighted by molar-refractivity contribution is -0.113. The molecule has 4 aromatic rings. The van der Waals surface area contributed by atoms with E-state index in [0.717, 1.165) is 40.1 Å². The number of nitrogens with zero attached hydrogens (tertiary/aromatic N) is 1. The third-order valence-electron chi connectivity index (χ3n) is 5.70. The van der Waals surface area contributed by atoms with Crippen LogP contribution in [0.2, 0.25) is 0 Å². The van der Waals surface area contributed by atoms with Gasteiger partial charge in [-0.3, -0.25) is 4.79 Å². The van der Waals surface area contributed by atoms with Gasteiger partial charge in [0.15, 0.2) is 9.84 Å². The summed E-state index contributed by atoms with van der Waals surface area (Å²) in [6, 6.07) is 16.1. The first-order chi connectivity index (χ1) is 15.4. The number of amides is 1. The highest BCUT2D eigenvalue weighted by atomic mass is 32.2. The van der Waals surface area contributed by atoms with E-state index in [2.05, 4.69) is 12.2 Å². The Bertz CT molecular complexity index is 1370. The number of carbonyl (C=O) groups is 1. The summed E-state index contributed by atoms with van der Waals surface area (Å²) >= 11 is 3.17. The first kappa shape index (κ1) is 21.3. The van der Waals surface area contributed by atoms with E-state index < -0.39 is 21.5 Å². The predicted molar refractivity (Wildman–Crippen MR) is 131 cm³/mol. The molecule has 0 aliphatic heterocycles. The summed E-state index contributed by atoms with van der Waals surface area (Å²) in [7, 11) is -3.71. The van der Waals surface area contributed by atoms with E-state index >= 15 is 0 Å². The average molecular weight is 483 g/mol. The molecule has 2 aromatic carbocycles. The molecule has 32 heavy (non-hydrogen) atoms. The maximum atomic E-state index is 12.8. The van der Waals surface area contributed by atoms with Gasteiger partial charge in [-0.1, -0.05) is 37.3 Å². The van der Waals surface area contributed by atoms with E-state index in [4.69, 9.17) is 4.98 Å². The predicted octanol–water partition coefficient (Wildman–Crippen LogP) is 5.56. The molecule has 2 heterocycles. The van der Waals surface area contributed by atoms with Crippen molar-refractivity contribution in [3.8, 4) is 10.6 Å². The van der Waals surface area contributed by atoms with Crippen molar-refractivity contribution in [3.63, 3.8) is 0 Å². The Hall–Kier alpha value is -2.55. The topological polar surface area (TPSA) is 76.1 Å². The first-order valence-corrected chi connectivity index (χ1v) is 13.8. The Kier molecular flexibility index (Phi) is 5.61. The van der Waals surface area contributed by atoms with Crippen LogP contribution in [0.25, 0.3) is 20.8 Å². The molecule has 0 bridgehead atoms. The Balaban J connectivity index is 1.50. The van der Waals surface area contributed by atoms with Crippen LogP contribution in [0, 0.1) is 5.92 Å². The van der Waals surface area contributed by atoms with E-state index in [0.29, 0.717) is 10.9 Å². The molecule has 1 amide bonds. The molecule has 0 saturated carbocycles. The number of anilines is 1. The van der Waals surface area contributed by atoms with Gasteiger partial charge in [-0.25, -0.2) is 13.4 Å². The lowest BCUT2D eigenvalue weighted by atomic mass is 9.88. The second kappa shape index (κ2) is 8.42. The Morgan fingerprint density at radius 3 is 2.62 bits per heavy atom. The van der Waals surface area contributed by atoms with Crippen molar-refractivity contribution >= 4 is 53.6 Å². The van der Waals surface area contributed by atoms with E-state index in [1.807, 2.05) is 24.3 Å². The number of rotatable bonds is 5. The summed E-state index contributed by atoms with van der Waals surface area (Å²) in [4.78, 5) is 19.1. The number of thiophene rings is 1. The summed E-state index contributed by atoms with van der Waals surface area (Å²) < 4.78 is 26.4. The summed E-state index contributed by atoms with van der Waals surface area (Å²) in [5.41, 5.74) is 3.14. The van der Waals surface area contributed by atoms with Crippen LogP contribution in [0.15, 0.2) is 59.5 Å². The van der Waals surface area contributed by atoms with Gasteiger partial charge in [0.2, 0.25) is 5.91 Å². The van der Waals surface area contributed by atoms with Gasteiger partial charge >= 0.3 is 0 Å². The second-order valence-corrected chi connectivity index (χ2v) is 12.3. The number of hydrogen-bond acceptors (Lipinski definition) is 6. The van der Waals surface area contributed by atoms with Crippen LogP contribution in [-0.4, -0.2) is 25.1 Å². The van der Waals surface area contributed by atoms with Crippen molar-refractivity contribution in [2.24, 2.45) is 5.92 Å². The highest BCUT2D eigenvalue weighted by molar-refractivity contribution is 7.92. The number of benzene rings is 2. The standard InChI is InChI=1S/C24H22N2O3S3/c1-15-11-12-17-20(13-15)31-24(22(17)23-25-18-9-5-6-10-19(18)30-23)26-21(27)14-32(28,29)16-7-3-2-4-8-16/h2-10,15H,11-14H2,1H3,(H,26,27). The van der Waals surface area contributed by atoms with Crippen LogP contribution in [0.3, 0.4) is 0 Å². The molecule has 1 N–H and O–H groups in total. The van der Waals surface area contributed by atoms with E-state index in [1.54, 1.807) is 40.9 Å². The molecule has 1 aliphatic carbocycles. The number of aromatic nitrogens is 1. The Morgan fingerprint density at radius 2 is 1.84 bits per heavy atom. The van der Waals surface area contributed by atoms with Gasteiger partial charge in [-0.05, 0) is 55.0 Å². The highest BCUT2D eigenvalue weighted by Gasteiger charge is 2.28. The zero-order valence-electron chi connectivity index (χ0n) is 17.5. The number of sulfone groups is 1. The molecular formula is C24H22N2O3S3. The molecule has 8 heteroatoms. The zero-order chi connectivity index (χ0) is 22.3. The lowest BCUT2D eigenvalue weighted by Crippen LogP contribution is -2.22. The fourth-order valence-electron chi connectivity index (χ4n) is 4.09. The summed E-state index contributed by atoms with van der Waals surface area (Å²) in [6.45, 7) is 2.24. The quantitative estimate of drug-likeness (QED) is 0.404. The minimum atomic E-state index is -3.71. The molecule has 1 unspecified atom stereocenters. The smallest absolute Gasteiger partial charge is 0.240 e. The van der Waals surface area contributed by atoms with Gasteiger partial charge in [-0.15, -0.1) is 22.7 Å². The van der Waals surface area contributed by atoms with E-state index in [-0.39, 0.29) is 4.90 Å². The number of nitrogens with one attached hydrogen (secondary N) is 1. The van der Waals surface area contributed by atoms with Gasteiger partial charge < -0.3 is 5.32 Å². The van der Waals surface area contributed by atoms with Gasteiger partial charge in [-0.2, -0.15) is 0 Å². The van der Waals surface area contributed by atoms with Crippen molar-refractivity contribution in [2.45, 2.75) is 31.1 Å². The molecular weight excluding hydrogens is 460 g/mol. The van der Waals surface area contributed by atoms with Crippen molar-refractivity contribution in [1.29, 1.82) is 0 Å².